The van der Waals surface area contributed by atoms with E-state index in [1.807, 2.05) is 59.6 Å². The molecule has 3 amide bonds. The van der Waals surface area contributed by atoms with E-state index in [4.69, 9.17) is 5.73 Å². The van der Waals surface area contributed by atoms with Gasteiger partial charge in [0.1, 0.15) is 6.04 Å². The molecule has 34 heavy (non-hydrogen) atoms. The number of carbonyl (C=O) groups is 3. The molecule has 2 aromatic carbocycles. The summed E-state index contributed by atoms with van der Waals surface area (Å²) in [5.41, 5.74) is 8.48. The van der Waals surface area contributed by atoms with Crippen LogP contribution < -0.4 is 11.1 Å². The Morgan fingerprint density at radius 3 is 2.68 bits per heavy atom. The molecule has 2 atom stereocenters. The molecule has 1 fully saturated rings. The maximum Gasteiger partial charge on any atom is 0.254 e. The van der Waals surface area contributed by atoms with Crippen LogP contribution in [-0.4, -0.2) is 63.7 Å². The van der Waals surface area contributed by atoms with Gasteiger partial charge in [0.2, 0.25) is 11.8 Å². The fourth-order valence-electron chi connectivity index (χ4n) is 4.91. The second-order valence-corrected chi connectivity index (χ2v) is 9.70. The Balaban J connectivity index is 1.41. The van der Waals surface area contributed by atoms with Crippen molar-refractivity contribution in [1.29, 1.82) is 0 Å². The van der Waals surface area contributed by atoms with E-state index in [1.54, 1.807) is 18.7 Å². The molecule has 3 aromatic rings. The first kappa shape index (κ1) is 22.2. The molecule has 0 bridgehead atoms. The van der Waals surface area contributed by atoms with Gasteiger partial charge < -0.3 is 25.8 Å². The molecule has 0 spiro atoms. The molecule has 1 aromatic heterocycles. The summed E-state index contributed by atoms with van der Waals surface area (Å²) in [6, 6.07) is 14.5. The van der Waals surface area contributed by atoms with E-state index in [9.17, 15) is 14.4 Å². The number of fused-ring (bicyclic) bond motifs is 4. The number of nitrogens with zero attached hydrogens (tertiary/aromatic N) is 2. The monoisotopic (exact) mass is 459 g/mol. The quantitative estimate of drug-likeness (QED) is 0.542. The minimum Gasteiger partial charge on any atom is -0.361 e. The maximum atomic E-state index is 13.8. The third-order valence-corrected chi connectivity index (χ3v) is 6.79. The maximum absolute atomic E-state index is 13.8. The van der Waals surface area contributed by atoms with Crippen LogP contribution in [0.3, 0.4) is 0 Å². The average Bonchev–Trinajstić information content (AvgIpc) is 3.36. The molecular formula is C26H29N5O3. The smallest absolute Gasteiger partial charge is 0.254 e. The molecule has 8 nitrogen and oxygen atoms in total. The summed E-state index contributed by atoms with van der Waals surface area (Å²) in [4.78, 5) is 46.2. The van der Waals surface area contributed by atoms with Crippen molar-refractivity contribution >= 4 is 28.6 Å². The van der Waals surface area contributed by atoms with Crippen LogP contribution in [0, 0.1) is 0 Å². The normalized spacial score (nSPS) is 18.6. The number of hydrogen-bond acceptors (Lipinski definition) is 4. The van der Waals surface area contributed by atoms with Gasteiger partial charge in [-0.3, -0.25) is 14.4 Å². The Kier molecular flexibility index (Phi) is 5.40. The number of aromatic amines is 1. The van der Waals surface area contributed by atoms with Crippen LogP contribution in [0.25, 0.3) is 10.9 Å². The third-order valence-electron chi connectivity index (χ3n) is 6.79. The molecule has 1 saturated heterocycles. The number of nitrogens with two attached hydrogens (primary N) is 1. The van der Waals surface area contributed by atoms with E-state index >= 15 is 0 Å². The van der Waals surface area contributed by atoms with Crippen molar-refractivity contribution in [2.24, 2.45) is 5.73 Å². The Morgan fingerprint density at radius 1 is 1.15 bits per heavy atom. The fraction of sp³-hybridized carbons (Fsp3) is 0.346. The van der Waals surface area contributed by atoms with Crippen molar-refractivity contribution in [2.75, 3.05) is 19.6 Å². The lowest BCUT2D eigenvalue weighted by Gasteiger charge is -2.39. The molecule has 0 radical (unpaired) electrons. The van der Waals surface area contributed by atoms with E-state index < -0.39 is 11.6 Å². The zero-order chi connectivity index (χ0) is 24.0. The number of amides is 3. The van der Waals surface area contributed by atoms with E-state index in [-0.39, 0.29) is 23.8 Å². The first-order chi connectivity index (χ1) is 16.2. The number of H-pyrrole nitrogens is 1. The third kappa shape index (κ3) is 3.84. The lowest BCUT2D eigenvalue weighted by atomic mass is 9.99. The number of piperazine rings is 1. The van der Waals surface area contributed by atoms with Crippen molar-refractivity contribution in [3.8, 4) is 0 Å². The van der Waals surface area contributed by atoms with Gasteiger partial charge in [0.15, 0.2) is 0 Å². The van der Waals surface area contributed by atoms with Crippen LogP contribution in [0.15, 0.2) is 54.7 Å². The minimum absolute atomic E-state index is 0.0150. The second-order valence-electron chi connectivity index (χ2n) is 9.70. The van der Waals surface area contributed by atoms with Gasteiger partial charge in [-0.05, 0) is 37.1 Å². The van der Waals surface area contributed by atoms with Crippen LogP contribution in [0.4, 0.5) is 0 Å². The molecule has 2 aliphatic heterocycles. The number of rotatable bonds is 5. The summed E-state index contributed by atoms with van der Waals surface area (Å²) in [7, 11) is 0. The lowest BCUT2D eigenvalue weighted by molar-refractivity contribution is -0.139. The molecule has 176 valence electrons. The molecule has 8 heteroatoms. The first-order valence-electron chi connectivity index (χ1n) is 11.6. The van der Waals surface area contributed by atoms with Crippen LogP contribution in [0.1, 0.15) is 41.4 Å². The zero-order valence-electron chi connectivity index (χ0n) is 19.4. The Morgan fingerprint density at radius 2 is 1.88 bits per heavy atom. The topological polar surface area (TPSA) is 112 Å². The first-order valence-corrected chi connectivity index (χ1v) is 11.6. The van der Waals surface area contributed by atoms with Crippen LogP contribution >= 0.6 is 0 Å². The Hall–Kier alpha value is -3.65. The van der Waals surface area contributed by atoms with E-state index in [2.05, 4.69) is 10.3 Å². The highest BCUT2D eigenvalue weighted by molar-refractivity contribution is 5.99. The van der Waals surface area contributed by atoms with Gasteiger partial charge in [-0.15, -0.1) is 0 Å². The average molecular weight is 460 g/mol. The molecule has 4 N–H and O–H groups in total. The SMILES string of the molecule is CC(C)(N)C(=O)N[C@H](Cc1c[nH]c2ccccc12)C(=O)N1CCN2C(=O)c3ccccc3C2C1. The zero-order valence-corrected chi connectivity index (χ0v) is 19.4. The van der Waals surface area contributed by atoms with Crippen molar-refractivity contribution in [1.82, 2.24) is 20.1 Å². The molecule has 0 saturated carbocycles. The summed E-state index contributed by atoms with van der Waals surface area (Å²) in [6.45, 7) is 4.51. The van der Waals surface area contributed by atoms with Crippen molar-refractivity contribution < 1.29 is 14.4 Å². The number of nitrogens with one attached hydrogen (secondary N) is 2. The van der Waals surface area contributed by atoms with Crippen molar-refractivity contribution in [2.45, 2.75) is 37.9 Å². The standard InChI is InChI=1S/C26H29N5O3/c1-26(2,27)25(34)29-21(13-16-14-28-20-10-6-5-7-17(16)20)24(33)30-11-12-31-22(15-30)18-8-3-4-9-19(18)23(31)32/h3-10,14,21-22,28H,11-13,15,27H2,1-2H3,(H,29,34)/t21-,22?/m1/s1. The lowest BCUT2D eigenvalue weighted by Crippen LogP contribution is -2.59. The summed E-state index contributed by atoms with van der Waals surface area (Å²) < 4.78 is 0. The fourth-order valence-corrected chi connectivity index (χ4v) is 4.91. The molecular weight excluding hydrogens is 430 g/mol. The van der Waals surface area contributed by atoms with Crippen molar-refractivity contribution in [3.05, 3.63) is 71.4 Å². The van der Waals surface area contributed by atoms with E-state index in [0.29, 0.717) is 31.6 Å². The number of benzene rings is 2. The molecule has 0 aliphatic carbocycles. The van der Waals surface area contributed by atoms with Gasteiger partial charge >= 0.3 is 0 Å². The van der Waals surface area contributed by atoms with Gasteiger partial charge in [-0.25, -0.2) is 0 Å². The second kappa shape index (κ2) is 8.29. The minimum atomic E-state index is -1.12. The number of carbonyl (C=O) groups excluding carboxylic acids is 3. The number of para-hydroxylation sites is 1. The predicted molar refractivity (Wildman–Crippen MR) is 129 cm³/mol. The summed E-state index contributed by atoms with van der Waals surface area (Å²) >= 11 is 0. The highest BCUT2D eigenvalue weighted by atomic mass is 16.2. The number of aromatic nitrogens is 1. The molecule has 1 unspecified atom stereocenters. The van der Waals surface area contributed by atoms with Gasteiger partial charge in [0, 0.05) is 48.7 Å². The highest BCUT2D eigenvalue weighted by Crippen LogP contribution is 2.36. The number of hydrogen-bond donors (Lipinski definition) is 3. The van der Waals surface area contributed by atoms with E-state index in [1.165, 1.54) is 0 Å². The molecule has 2 aliphatic rings. The summed E-state index contributed by atoms with van der Waals surface area (Å²) in [6.07, 6.45) is 2.22. The van der Waals surface area contributed by atoms with Crippen molar-refractivity contribution in [3.63, 3.8) is 0 Å². The van der Waals surface area contributed by atoms with Gasteiger partial charge in [0.05, 0.1) is 11.6 Å². The molecule has 3 heterocycles. The van der Waals surface area contributed by atoms with Crippen LogP contribution in [0.5, 0.6) is 0 Å². The van der Waals surface area contributed by atoms with Crippen LogP contribution in [0.2, 0.25) is 0 Å². The highest BCUT2D eigenvalue weighted by Gasteiger charge is 2.42. The van der Waals surface area contributed by atoms with Gasteiger partial charge in [-0.2, -0.15) is 0 Å². The summed E-state index contributed by atoms with van der Waals surface area (Å²) in [5.74, 6) is -0.536. The van der Waals surface area contributed by atoms with Crippen LogP contribution in [-0.2, 0) is 16.0 Å². The predicted octanol–water partition coefficient (Wildman–Crippen LogP) is 1.97. The molecule has 5 rings (SSSR count). The largest absolute Gasteiger partial charge is 0.361 e. The Labute approximate surface area is 198 Å². The summed E-state index contributed by atoms with van der Waals surface area (Å²) in [5, 5.41) is 3.91. The van der Waals surface area contributed by atoms with Gasteiger partial charge in [0.25, 0.3) is 5.91 Å². The van der Waals surface area contributed by atoms with Gasteiger partial charge in [-0.1, -0.05) is 36.4 Å². The van der Waals surface area contributed by atoms with E-state index in [0.717, 1.165) is 22.0 Å². The Bertz CT molecular complexity index is 1270.